The van der Waals surface area contributed by atoms with Crippen LogP contribution in [0.2, 0.25) is 0 Å². The Morgan fingerprint density at radius 1 is 1.70 bits per heavy atom. The van der Waals surface area contributed by atoms with Crippen molar-refractivity contribution < 1.29 is 14.6 Å². The number of aliphatic carboxylic acids is 1. The van der Waals surface area contributed by atoms with Gasteiger partial charge in [0, 0.05) is 0 Å². The molecule has 58 valence electrons. The second kappa shape index (κ2) is 2.20. The summed E-state index contributed by atoms with van der Waals surface area (Å²) in [6.45, 7) is 3.71. The molecule has 1 saturated heterocycles. The fourth-order valence-electron chi connectivity index (χ4n) is 0.920. The summed E-state index contributed by atoms with van der Waals surface area (Å²) in [5.74, 6) is -0.902. The number of hydrogen-bond donors (Lipinski definition) is 1. The summed E-state index contributed by atoms with van der Waals surface area (Å²) in [5, 5.41) is 8.48. The molecule has 0 unspecified atom stereocenters. The highest BCUT2D eigenvalue weighted by molar-refractivity contribution is 9.09. The standard InChI is InChI=1S/C6H9BrO3/c1-6(2)4(7)3(10-6)5(8)9/h3-4H,1-2H3,(H,8,9)/t3-,4+/m0/s1. The quantitative estimate of drug-likeness (QED) is 0.655. The number of alkyl halides is 1. The van der Waals surface area contributed by atoms with Crippen LogP contribution in [0.15, 0.2) is 0 Å². The van der Waals surface area contributed by atoms with Gasteiger partial charge in [-0.2, -0.15) is 0 Å². The van der Waals surface area contributed by atoms with E-state index < -0.39 is 12.1 Å². The molecule has 0 saturated carbocycles. The average molecular weight is 209 g/mol. The summed E-state index contributed by atoms with van der Waals surface area (Å²) in [4.78, 5) is 10.3. The Morgan fingerprint density at radius 3 is 2.30 bits per heavy atom. The lowest BCUT2D eigenvalue weighted by molar-refractivity contribution is -0.199. The number of carboxylic acid groups (broad SMARTS) is 1. The van der Waals surface area contributed by atoms with Gasteiger partial charge in [0.2, 0.25) is 0 Å². The van der Waals surface area contributed by atoms with Crippen molar-refractivity contribution in [2.24, 2.45) is 0 Å². The molecule has 2 atom stereocenters. The number of halogens is 1. The minimum atomic E-state index is -0.902. The van der Waals surface area contributed by atoms with Crippen LogP contribution in [-0.2, 0) is 9.53 Å². The molecule has 0 aromatic carbocycles. The lowest BCUT2D eigenvalue weighted by atomic mass is 9.93. The lowest BCUT2D eigenvalue weighted by Gasteiger charge is -2.45. The Hall–Kier alpha value is -0.0900. The van der Waals surface area contributed by atoms with Crippen molar-refractivity contribution in [2.45, 2.75) is 30.4 Å². The van der Waals surface area contributed by atoms with Crippen LogP contribution in [0, 0.1) is 0 Å². The zero-order valence-corrected chi connectivity index (χ0v) is 7.38. The third-order valence-electron chi connectivity index (χ3n) is 1.60. The number of hydrogen-bond acceptors (Lipinski definition) is 2. The first kappa shape index (κ1) is 8.01. The molecule has 1 rings (SSSR count). The minimum Gasteiger partial charge on any atom is -0.479 e. The molecule has 0 aromatic rings. The summed E-state index contributed by atoms with van der Waals surface area (Å²) in [5.41, 5.74) is -0.330. The van der Waals surface area contributed by atoms with Crippen molar-refractivity contribution >= 4 is 21.9 Å². The van der Waals surface area contributed by atoms with E-state index in [9.17, 15) is 4.79 Å². The molecule has 3 nitrogen and oxygen atoms in total. The second-order valence-electron chi connectivity index (χ2n) is 2.88. The molecule has 1 aliphatic rings. The van der Waals surface area contributed by atoms with Crippen molar-refractivity contribution in [2.75, 3.05) is 0 Å². The fraction of sp³-hybridized carbons (Fsp3) is 0.833. The van der Waals surface area contributed by atoms with Gasteiger partial charge in [0.05, 0.1) is 10.4 Å². The van der Waals surface area contributed by atoms with Crippen LogP contribution < -0.4 is 0 Å². The van der Waals surface area contributed by atoms with E-state index in [0.717, 1.165) is 0 Å². The highest BCUT2D eigenvalue weighted by Gasteiger charge is 2.51. The maximum absolute atomic E-state index is 10.3. The van der Waals surface area contributed by atoms with E-state index in [1.807, 2.05) is 13.8 Å². The highest BCUT2D eigenvalue weighted by atomic mass is 79.9. The lowest BCUT2D eigenvalue weighted by Crippen LogP contribution is -2.60. The van der Waals surface area contributed by atoms with E-state index in [2.05, 4.69) is 15.9 Å². The number of carboxylic acids is 1. The van der Waals surface area contributed by atoms with Gasteiger partial charge in [-0.1, -0.05) is 15.9 Å². The van der Waals surface area contributed by atoms with E-state index in [4.69, 9.17) is 9.84 Å². The third-order valence-corrected chi connectivity index (χ3v) is 3.19. The second-order valence-corrected chi connectivity index (χ2v) is 3.87. The topological polar surface area (TPSA) is 46.5 Å². The molecular weight excluding hydrogens is 200 g/mol. The molecule has 0 aromatic heterocycles. The predicted octanol–water partition coefficient (Wildman–Crippen LogP) is 1.01. The van der Waals surface area contributed by atoms with Gasteiger partial charge in [-0.3, -0.25) is 0 Å². The Labute approximate surface area is 67.5 Å². The van der Waals surface area contributed by atoms with Crippen molar-refractivity contribution in [3.63, 3.8) is 0 Å². The number of rotatable bonds is 1. The maximum Gasteiger partial charge on any atom is 0.334 e. The summed E-state index contributed by atoms with van der Waals surface area (Å²) in [6.07, 6.45) is -0.671. The van der Waals surface area contributed by atoms with Crippen molar-refractivity contribution in [3.8, 4) is 0 Å². The molecule has 0 radical (unpaired) electrons. The number of carbonyl (C=O) groups is 1. The van der Waals surface area contributed by atoms with E-state index >= 15 is 0 Å². The van der Waals surface area contributed by atoms with Gasteiger partial charge < -0.3 is 9.84 Å². The van der Waals surface area contributed by atoms with Crippen molar-refractivity contribution in [1.29, 1.82) is 0 Å². The molecule has 0 amide bonds. The monoisotopic (exact) mass is 208 g/mol. The molecular formula is C6H9BrO3. The van der Waals surface area contributed by atoms with Crippen LogP contribution in [0.4, 0.5) is 0 Å². The predicted molar refractivity (Wildman–Crippen MR) is 39.3 cm³/mol. The van der Waals surface area contributed by atoms with Crippen LogP contribution in [0.5, 0.6) is 0 Å². The molecule has 1 heterocycles. The van der Waals surface area contributed by atoms with Gasteiger partial charge in [-0.15, -0.1) is 0 Å². The third kappa shape index (κ3) is 1.06. The first-order chi connectivity index (χ1) is 4.45. The van der Waals surface area contributed by atoms with E-state index in [0.29, 0.717) is 0 Å². The highest BCUT2D eigenvalue weighted by Crippen LogP contribution is 2.37. The molecule has 1 N–H and O–H groups in total. The Kier molecular flexibility index (Phi) is 1.76. The molecule has 1 aliphatic heterocycles. The summed E-state index contributed by atoms with van der Waals surface area (Å²) < 4.78 is 5.05. The van der Waals surface area contributed by atoms with Crippen molar-refractivity contribution in [3.05, 3.63) is 0 Å². The van der Waals surface area contributed by atoms with E-state index in [1.54, 1.807) is 0 Å². The van der Waals surface area contributed by atoms with Gasteiger partial charge in [0.25, 0.3) is 0 Å². The fourth-order valence-corrected chi connectivity index (χ4v) is 1.36. The Morgan fingerprint density at radius 2 is 2.20 bits per heavy atom. The number of ether oxygens (including phenoxy) is 1. The minimum absolute atomic E-state index is 0.0718. The first-order valence-electron chi connectivity index (χ1n) is 3.00. The van der Waals surface area contributed by atoms with Crippen molar-refractivity contribution in [1.82, 2.24) is 0 Å². The van der Waals surface area contributed by atoms with Gasteiger partial charge in [0.15, 0.2) is 6.10 Å². The van der Waals surface area contributed by atoms with Crippen LogP contribution in [0.25, 0.3) is 0 Å². The first-order valence-corrected chi connectivity index (χ1v) is 3.91. The largest absolute Gasteiger partial charge is 0.479 e. The summed E-state index contributed by atoms with van der Waals surface area (Å²) in [6, 6.07) is 0. The zero-order chi connectivity index (χ0) is 7.94. The van der Waals surface area contributed by atoms with E-state index in [1.165, 1.54) is 0 Å². The Bertz CT molecular complexity index is 166. The molecule has 10 heavy (non-hydrogen) atoms. The molecule has 1 fully saturated rings. The smallest absolute Gasteiger partial charge is 0.334 e. The molecule has 0 bridgehead atoms. The van der Waals surface area contributed by atoms with Crippen LogP contribution >= 0.6 is 15.9 Å². The average Bonchev–Trinajstić information content (AvgIpc) is 1.82. The van der Waals surface area contributed by atoms with E-state index in [-0.39, 0.29) is 10.4 Å². The SMILES string of the molecule is CC1(C)O[C@H](C(=O)O)[C@H]1Br. The Balaban J connectivity index is 2.55. The molecule has 0 aliphatic carbocycles. The molecule has 0 spiro atoms. The normalized spacial score (nSPS) is 36.7. The summed E-state index contributed by atoms with van der Waals surface area (Å²) in [7, 11) is 0. The van der Waals surface area contributed by atoms with Gasteiger partial charge in [0.1, 0.15) is 0 Å². The van der Waals surface area contributed by atoms with Crippen LogP contribution in [0.3, 0.4) is 0 Å². The van der Waals surface area contributed by atoms with Crippen LogP contribution in [-0.4, -0.2) is 27.6 Å². The van der Waals surface area contributed by atoms with Crippen LogP contribution in [0.1, 0.15) is 13.8 Å². The maximum atomic E-state index is 10.3. The van der Waals surface area contributed by atoms with Gasteiger partial charge >= 0.3 is 5.97 Å². The zero-order valence-electron chi connectivity index (χ0n) is 5.80. The summed E-state index contributed by atoms with van der Waals surface area (Å²) >= 11 is 3.24. The van der Waals surface area contributed by atoms with Gasteiger partial charge in [-0.05, 0) is 13.8 Å². The van der Waals surface area contributed by atoms with Gasteiger partial charge in [-0.25, -0.2) is 4.79 Å². The molecule has 4 heteroatoms.